The highest BCUT2D eigenvalue weighted by atomic mass is 32.2. The van der Waals surface area contributed by atoms with Gasteiger partial charge in [-0.15, -0.1) is 0 Å². The number of fused-ring (bicyclic) bond motifs is 11. The highest BCUT2D eigenvalue weighted by Gasteiger charge is 2.84. The molecule has 4 fully saturated rings. The van der Waals surface area contributed by atoms with E-state index in [2.05, 4.69) is 150 Å². The average molecular weight is 710 g/mol. The van der Waals surface area contributed by atoms with E-state index in [1.807, 2.05) is 11.8 Å². The van der Waals surface area contributed by atoms with Crippen molar-refractivity contribution in [3.05, 3.63) is 137 Å². The molecule has 2 bridgehead atoms. The fourth-order valence-corrected chi connectivity index (χ4v) is 15.5. The van der Waals surface area contributed by atoms with Crippen molar-refractivity contribution in [2.24, 2.45) is 29.1 Å². The smallest absolute Gasteiger partial charge is 0.0514 e. The standard InChI is InChI=1S/C51H51NS/c1-47(2)22-23-48(3,4)40-28-33(19-21-37(40)47)52(32-18-20-35-34-12-7-8-13-36(34)49(5,6)39(35)27-32)41-15-11-17-43-46(41)51(38-14-9-10-16-42(38)53-43)44-25-30-24-31-26-45(51)50(31,44)29-30/h7-21,27-28,30-31,44-45H,22-26,29H2,1-6H3. The molecule has 6 atom stereocenters. The Bertz CT molecular complexity index is 2430. The molecule has 6 aliphatic carbocycles. The SMILES string of the molecule is CC1(C)CCC(C)(C)c2cc(N(c3ccc4c(c3)C(C)(C)c3ccccc3-4)c3cccc4c3C3(c5ccccc5S4)C4CC5CC6CC3C64C5)ccc21. The molecule has 5 aromatic rings. The number of rotatable bonds is 3. The van der Waals surface area contributed by atoms with Crippen LogP contribution in [0.2, 0.25) is 0 Å². The fourth-order valence-electron chi connectivity index (χ4n) is 14.3. The number of benzene rings is 5. The second-order valence-electron chi connectivity index (χ2n) is 20.0. The minimum Gasteiger partial charge on any atom is -0.310 e. The number of nitrogens with zero attached hydrogens (tertiary/aromatic N) is 1. The number of anilines is 3. The van der Waals surface area contributed by atoms with Crippen LogP contribution in [0.25, 0.3) is 11.1 Å². The second-order valence-corrected chi connectivity index (χ2v) is 21.1. The summed E-state index contributed by atoms with van der Waals surface area (Å²) in [4.78, 5) is 5.71. The minimum absolute atomic E-state index is 0.0635. The van der Waals surface area contributed by atoms with Gasteiger partial charge in [-0.2, -0.15) is 0 Å². The highest BCUT2D eigenvalue weighted by molar-refractivity contribution is 7.99. The van der Waals surface area contributed by atoms with Crippen molar-refractivity contribution in [1.82, 2.24) is 0 Å². The summed E-state index contributed by atoms with van der Waals surface area (Å²) in [5, 5.41) is 0. The maximum Gasteiger partial charge on any atom is 0.0514 e. The van der Waals surface area contributed by atoms with Crippen LogP contribution in [0.4, 0.5) is 17.1 Å². The molecule has 0 radical (unpaired) electrons. The Hall–Kier alpha value is -3.75. The van der Waals surface area contributed by atoms with Crippen molar-refractivity contribution in [2.75, 3.05) is 4.90 Å². The topological polar surface area (TPSA) is 3.24 Å². The Labute approximate surface area is 320 Å². The van der Waals surface area contributed by atoms with Crippen LogP contribution in [0.15, 0.2) is 113 Å². The predicted molar refractivity (Wildman–Crippen MR) is 220 cm³/mol. The number of hydrogen-bond acceptors (Lipinski definition) is 2. The summed E-state index contributed by atoms with van der Waals surface area (Å²) in [6.45, 7) is 14.7. The molecule has 266 valence electrons. The van der Waals surface area contributed by atoms with E-state index in [0.717, 1.165) is 23.7 Å². The molecular formula is C51H51NS. The Kier molecular flexibility index (Phi) is 5.91. The van der Waals surface area contributed by atoms with Crippen molar-refractivity contribution in [3.63, 3.8) is 0 Å². The maximum absolute atomic E-state index is 2.72. The van der Waals surface area contributed by atoms with Crippen molar-refractivity contribution in [2.45, 2.75) is 112 Å². The van der Waals surface area contributed by atoms with Gasteiger partial charge < -0.3 is 4.90 Å². The van der Waals surface area contributed by atoms with E-state index in [1.54, 1.807) is 11.1 Å². The molecule has 1 nitrogen and oxygen atoms in total. The molecule has 6 unspecified atom stereocenters. The van der Waals surface area contributed by atoms with Crippen LogP contribution in [-0.4, -0.2) is 0 Å². The van der Waals surface area contributed by atoms with Gasteiger partial charge in [0.05, 0.1) is 5.69 Å². The molecule has 2 spiro atoms. The summed E-state index contributed by atoms with van der Waals surface area (Å²) in [7, 11) is 0. The molecule has 0 N–H and O–H groups in total. The lowest BCUT2D eigenvalue weighted by molar-refractivity contribution is -0.234. The van der Waals surface area contributed by atoms with Crippen molar-refractivity contribution in [3.8, 4) is 11.1 Å². The van der Waals surface area contributed by atoms with Gasteiger partial charge in [0.15, 0.2) is 0 Å². The zero-order valence-electron chi connectivity index (χ0n) is 32.2. The fraction of sp³-hybridized carbons (Fsp3) is 0.412. The van der Waals surface area contributed by atoms with Gasteiger partial charge >= 0.3 is 0 Å². The van der Waals surface area contributed by atoms with E-state index in [9.17, 15) is 0 Å². The Morgan fingerprint density at radius 2 is 1.23 bits per heavy atom. The molecular weight excluding hydrogens is 659 g/mol. The van der Waals surface area contributed by atoms with E-state index in [4.69, 9.17) is 0 Å². The molecule has 4 saturated carbocycles. The molecule has 7 aliphatic rings. The lowest BCUT2D eigenvalue weighted by Gasteiger charge is -2.78. The first-order valence-corrected chi connectivity index (χ1v) is 21.4. The third-order valence-electron chi connectivity index (χ3n) is 16.6. The Balaban J connectivity index is 1.13. The van der Waals surface area contributed by atoms with Crippen LogP contribution in [0, 0.1) is 29.1 Å². The molecule has 2 heteroatoms. The lowest BCUT2D eigenvalue weighted by Crippen LogP contribution is -2.74. The first kappa shape index (κ1) is 31.6. The third-order valence-corrected chi connectivity index (χ3v) is 17.8. The minimum atomic E-state index is -0.0635. The molecule has 1 aliphatic heterocycles. The van der Waals surface area contributed by atoms with E-state index in [-0.39, 0.29) is 21.7 Å². The van der Waals surface area contributed by atoms with Gasteiger partial charge in [0.1, 0.15) is 0 Å². The van der Waals surface area contributed by atoms with Crippen molar-refractivity contribution in [1.29, 1.82) is 0 Å². The second kappa shape index (κ2) is 9.91. The van der Waals surface area contributed by atoms with Crippen molar-refractivity contribution >= 4 is 28.8 Å². The van der Waals surface area contributed by atoms with Gasteiger partial charge in [-0.3, -0.25) is 0 Å². The van der Waals surface area contributed by atoms with Crippen LogP contribution >= 0.6 is 11.8 Å². The summed E-state index contributed by atoms with van der Waals surface area (Å²) in [5.74, 6) is 3.38. The van der Waals surface area contributed by atoms with Crippen LogP contribution in [0.1, 0.15) is 113 Å². The molecule has 0 amide bonds. The van der Waals surface area contributed by atoms with Crippen LogP contribution in [-0.2, 0) is 21.7 Å². The molecule has 12 rings (SSSR count). The maximum atomic E-state index is 2.72. The molecule has 5 aromatic carbocycles. The average Bonchev–Trinajstić information content (AvgIpc) is 3.76. The van der Waals surface area contributed by atoms with Crippen LogP contribution < -0.4 is 4.90 Å². The normalized spacial score (nSPS) is 31.7. The quantitative estimate of drug-likeness (QED) is 0.183. The zero-order valence-corrected chi connectivity index (χ0v) is 33.0. The molecule has 0 aromatic heterocycles. The molecule has 0 saturated heterocycles. The van der Waals surface area contributed by atoms with Crippen LogP contribution in [0.5, 0.6) is 0 Å². The van der Waals surface area contributed by atoms with E-state index in [0.29, 0.717) is 5.41 Å². The summed E-state index contributed by atoms with van der Waals surface area (Å²) in [6, 6.07) is 41.1. The molecule has 1 heterocycles. The third kappa shape index (κ3) is 3.65. The van der Waals surface area contributed by atoms with E-state index in [1.165, 1.54) is 98.8 Å². The van der Waals surface area contributed by atoms with Gasteiger partial charge in [0.25, 0.3) is 0 Å². The summed E-state index contributed by atoms with van der Waals surface area (Å²) >= 11 is 2.03. The van der Waals surface area contributed by atoms with Crippen LogP contribution in [0.3, 0.4) is 0 Å². The van der Waals surface area contributed by atoms with Gasteiger partial charge in [-0.1, -0.05) is 114 Å². The summed E-state index contributed by atoms with van der Waals surface area (Å²) in [6.07, 6.45) is 8.25. The monoisotopic (exact) mass is 709 g/mol. The Morgan fingerprint density at radius 3 is 2.04 bits per heavy atom. The first-order valence-electron chi connectivity index (χ1n) is 20.6. The highest BCUT2D eigenvalue weighted by Crippen LogP contribution is 2.89. The summed E-state index contributed by atoms with van der Waals surface area (Å²) < 4.78 is 0. The van der Waals surface area contributed by atoms with Gasteiger partial charge in [0, 0.05) is 37.6 Å². The van der Waals surface area contributed by atoms with Crippen molar-refractivity contribution < 1.29 is 0 Å². The molecule has 53 heavy (non-hydrogen) atoms. The van der Waals surface area contributed by atoms with Gasteiger partial charge in [0.2, 0.25) is 0 Å². The largest absolute Gasteiger partial charge is 0.310 e. The van der Waals surface area contributed by atoms with Gasteiger partial charge in [-0.05, 0) is 160 Å². The zero-order chi connectivity index (χ0) is 35.9. The van der Waals surface area contributed by atoms with E-state index < -0.39 is 0 Å². The van der Waals surface area contributed by atoms with E-state index >= 15 is 0 Å². The number of hydrogen-bond donors (Lipinski definition) is 0. The Morgan fingerprint density at radius 1 is 0.566 bits per heavy atom. The van der Waals surface area contributed by atoms with Gasteiger partial charge in [-0.25, -0.2) is 0 Å². The first-order chi connectivity index (χ1) is 25.5. The summed E-state index contributed by atoms with van der Waals surface area (Å²) in [5.41, 5.74) is 16.9. The lowest BCUT2D eigenvalue weighted by atomic mass is 9.26. The predicted octanol–water partition coefficient (Wildman–Crippen LogP) is 13.6.